The Morgan fingerprint density at radius 1 is 1.26 bits per heavy atom. The molecule has 2 N–H and O–H groups in total. The van der Waals surface area contributed by atoms with E-state index in [1.165, 1.54) is 29.2 Å². The number of nitrogens with zero attached hydrogens (tertiary/aromatic N) is 2. The smallest absolute Gasteiger partial charge is 0.247 e. The van der Waals surface area contributed by atoms with E-state index in [-0.39, 0.29) is 41.2 Å². The Kier molecular flexibility index (Phi) is 8.93. The number of aliphatic hydroxyl groups excluding tert-OH is 1. The number of rotatable bonds is 8. The molecule has 1 heterocycles. The van der Waals surface area contributed by atoms with Gasteiger partial charge in [-0.3, -0.25) is 14.4 Å². The summed E-state index contributed by atoms with van der Waals surface area (Å²) in [4.78, 5) is 40.3. The van der Waals surface area contributed by atoms with Crippen LogP contribution in [-0.2, 0) is 14.4 Å². The maximum absolute atomic E-state index is 14.2. The maximum atomic E-state index is 14.2. The van der Waals surface area contributed by atoms with Crippen molar-refractivity contribution in [2.75, 3.05) is 6.54 Å². The normalized spacial score (nSPS) is 22.8. The summed E-state index contributed by atoms with van der Waals surface area (Å²) in [6.07, 6.45) is 3.43. The van der Waals surface area contributed by atoms with Crippen LogP contribution in [0.15, 0.2) is 54.6 Å². The van der Waals surface area contributed by atoms with Crippen molar-refractivity contribution < 1.29 is 23.9 Å². The molecule has 2 aliphatic rings. The Bertz CT molecular complexity index is 1260. The Morgan fingerprint density at radius 3 is 2.68 bits per heavy atom. The molecule has 1 unspecified atom stereocenters. The lowest BCUT2D eigenvalue weighted by atomic mass is 9.93. The topological polar surface area (TPSA) is 110 Å². The fraction of sp³-hybridized carbons (Fsp3) is 0.379. The third kappa shape index (κ3) is 6.47. The molecule has 38 heavy (non-hydrogen) atoms. The number of hydrogen-bond donors (Lipinski definition) is 2. The lowest BCUT2D eigenvalue weighted by molar-refractivity contribution is -0.135. The molecule has 0 bridgehead atoms. The van der Waals surface area contributed by atoms with Gasteiger partial charge in [-0.1, -0.05) is 48.0 Å². The second kappa shape index (κ2) is 12.3. The minimum atomic E-state index is -1.49. The molecule has 2 fully saturated rings. The molecule has 2 aromatic carbocycles. The summed E-state index contributed by atoms with van der Waals surface area (Å²) < 4.78 is 14.2. The van der Waals surface area contributed by atoms with Crippen LogP contribution in [0.1, 0.15) is 49.1 Å². The largest absolute Gasteiger partial charge is 0.376 e. The molecule has 2 aromatic rings. The van der Waals surface area contributed by atoms with Crippen LogP contribution in [0.5, 0.6) is 0 Å². The molecule has 1 saturated heterocycles. The van der Waals surface area contributed by atoms with Gasteiger partial charge in [-0.2, -0.15) is 5.26 Å². The van der Waals surface area contributed by atoms with Gasteiger partial charge < -0.3 is 15.3 Å². The van der Waals surface area contributed by atoms with Gasteiger partial charge in [0.25, 0.3) is 0 Å². The number of nitriles is 1. The lowest BCUT2D eigenvalue weighted by Crippen LogP contribution is -2.52. The van der Waals surface area contributed by atoms with Crippen LogP contribution in [0.2, 0.25) is 5.02 Å². The minimum absolute atomic E-state index is 0.0655. The molecule has 198 valence electrons. The number of likely N-dealkylation sites (tertiary alicyclic amines) is 1. The number of hydrogen-bond acceptors (Lipinski definition) is 5. The van der Waals surface area contributed by atoms with E-state index in [9.17, 15) is 29.1 Å². The van der Waals surface area contributed by atoms with Crippen LogP contribution in [0.3, 0.4) is 0 Å². The van der Waals surface area contributed by atoms with E-state index < -0.39 is 35.8 Å². The van der Waals surface area contributed by atoms with Gasteiger partial charge in [0.15, 0.2) is 6.10 Å². The number of ketones is 1. The van der Waals surface area contributed by atoms with Crippen LogP contribution in [-0.4, -0.2) is 52.3 Å². The molecule has 7 nitrogen and oxygen atoms in total. The fourth-order valence-electron chi connectivity index (χ4n) is 5.27. The van der Waals surface area contributed by atoms with Crippen LogP contribution in [0, 0.1) is 23.1 Å². The van der Waals surface area contributed by atoms with Gasteiger partial charge in [-0.15, -0.1) is 0 Å². The van der Waals surface area contributed by atoms with Gasteiger partial charge in [0.2, 0.25) is 11.8 Å². The summed E-state index contributed by atoms with van der Waals surface area (Å²) in [7, 11) is 0. The van der Waals surface area contributed by atoms with E-state index in [2.05, 4.69) is 5.32 Å². The van der Waals surface area contributed by atoms with Crippen molar-refractivity contribution in [3.8, 4) is 6.07 Å². The van der Waals surface area contributed by atoms with Crippen molar-refractivity contribution in [1.82, 2.24) is 10.2 Å². The fourth-order valence-corrected chi connectivity index (χ4v) is 5.43. The molecule has 1 aliphatic carbocycles. The highest BCUT2D eigenvalue weighted by Crippen LogP contribution is 2.33. The van der Waals surface area contributed by atoms with Crippen molar-refractivity contribution in [1.29, 1.82) is 5.26 Å². The Hall–Kier alpha value is -3.54. The molecular formula is C29H29ClFN3O4. The Balaban J connectivity index is 1.55. The number of Topliss-reactive ketones (excluding diaryl/α,β-unsaturated/α-hetero) is 1. The molecule has 9 heteroatoms. The van der Waals surface area contributed by atoms with Crippen molar-refractivity contribution in [3.05, 3.63) is 76.6 Å². The van der Waals surface area contributed by atoms with Gasteiger partial charge in [-0.05, 0) is 49.5 Å². The number of amides is 2. The highest BCUT2D eigenvalue weighted by atomic mass is 35.5. The van der Waals surface area contributed by atoms with E-state index in [0.29, 0.717) is 19.3 Å². The first-order valence-electron chi connectivity index (χ1n) is 12.7. The monoisotopic (exact) mass is 537 g/mol. The second-order valence-electron chi connectivity index (χ2n) is 9.83. The van der Waals surface area contributed by atoms with Crippen molar-refractivity contribution in [2.24, 2.45) is 5.92 Å². The third-order valence-corrected chi connectivity index (χ3v) is 7.57. The van der Waals surface area contributed by atoms with Crippen LogP contribution < -0.4 is 5.32 Å². The standard InChI is InChI=1S/C29H29ClFN3O4/c30-22-11-9-19(23(31)15-22)10-12-28(37)34-17-21(18-5-2-1-3-6-18)14-25(34)29(38)33-24(27(36)16-32)13-20-7-4-8-26(20)35/h1-3,5-6,9-12,15,20-21,24-25,27,36H,4,7-8,13-14,17H2,(H,33,38)/b12-10+/t20-,21+,24-,25-,27?/m0/s1. The van der Waals surface area contributed by atoms with E-state index in [4.69, 9.17) is 11.6 Å². The first-order valence-corrected chi connectivity index (χ1v) is 13.0. The van der Waals surface area contributed by atoms with E-state index in [1.54, 1.807) is 6.07 Å². The zero-order valence-corrected chi connectivity index (χ0v) is 21.5. The number of carbonyl (C=O) groups is 3. The minimum Gasteiger partial charge on any atom is -0.376 e. The van der Waals surface area contributed by atoms with Gasteiger partial charge in [0, 0.05) is 41.5 Å². The Labute approximate surface area is 225 Å². The molecule has 0 radical (unpaired) electrons. The zero-order valence-electron chi connectivity index (χ0n) is 20.7. The summed E-state index contributed by atoms with van der Waals surface area (Å²) in [6, 6.07) is 13.6. The van der Waals surface area contributed by atoms with Crippen molar-refractivity contribution in [3.63, 3.8) is 0 Å². The average molecular weight is 538 g/mol. The predicted octanol–water partition coefficient (Wildman–Crippen LogP) is 4.01. The number of carbonyl (C=O) groups excluding carboxylic acids is 3. The Morgan fingerprint density at radius 2 is 2.03 bits per heavy atom. The van der Waals surface area contributed by atoms with Gasteiger partial charge in [0.05, 0.1) is 12.1 Å². The first-order chi connectivity index (χ1) is 18.3. The quantitative estimate of drug-likeness (QED) is 0.390. The first kappa shape index (κ1) is 27.5. The summed E-state index contributed by atoms with van der Waals surface area (Å²) in [5.74, 6) is -1.93. The summed E-state index contributed by atoms with van der Waals surface area (Å²) >= 11 is 5.81. The van der Waals surface area contributed by atoms with Crippen LogP contribution in [0.4, 0.5) is 4.39 Å². The average Bonchev–Trinajstić information content (AvgIpc) is 3.54. The summed E-state index contributed by atoms with van der Waals surface area (Å²) in [5, 5.41) is 22.6. The molecule has 0 aromatic heterocycles. The summed E-state index contributed by atoms with van der Waals surface area (Å²) in [6.45, 7) is 0.265. The number of nitrogens with one attached hydrogen (secondary N) is 1. The highest BCUT2D eigenvalue weighted by molar-refractivity contribution is 6.30. The second-order valence-corrected chi connectivity index (χ2v) is 10.3. The zero-order chi connectivity index (χ0) is 27.2. The van der Waals surface area contributed by atoms with Crippen LogP contribution >= 0.6 is 11.6 Å². The van der Waals surface area contributed by atoms with Crippen molar-refractivity contribution >= 4 is 35.3 Å². The summed E-state index contributed by atoms with van der Waals surface area (Å²) in [5.41, 5.74) is 1.15. The third-order valence-electron chi connectivity index (χ3n) is 7.34. The van der Waals surface area contributed by atoms with E-state index in [1.807, 2.05) is 30.3 Å². The molecular weight excluding hydrogens is 509 g/mol. The van der Waals surface area contributed by atoms with Crippen LogP contribution in [0.25, 0.3) is 6.08 Å². The maximum Gasteiger partial charge on any atom is 0.247 e. The van der Waals surface area contributed by atoms with Gasteiger partial charge in [-0.25, -0.2) is 4.39 Å². The number of halogens is 2. The van der Waals surface area contributed by atoms with Gasteiger partial charge in [0.1, 0.15) is 17.6 Å². The molecule has 1 saturated carbocycles. The lowest BCUT2D eigenvalue weighted by Gasteiger charge is -2.27. The molecule has 2 amide bonds. The molecule has 0 spiro atoms. The predicted molar refractivity (Wildman–Crippen MR) is 140 cm³/mol. The van der Waals surface area contributed by atoms with E-state index in [0.717, 1.165) is 18.1 Å². The number of benzene rings is 2. The SMILES string of the molecule is N#CC(O)[C@H](C[C@@H]1CCCC1=O)NC(=O)[C@@H]1C[C@@H](c2ccccc2)CN1C(=O)/C=C/c1ccc(Cl)cc1F. The number of aliphatic hydroxyl groups is 1. The molecule has 4 rings (SSSR count). The molecule has 1 aliphatic heterocycles. The van der Waals surface area contributed by atoms with Gasteiger partial charge >= 0.3 is 0 Å². The van der Waals surface area contributed by atoms with E-state index >= 15 is 0 Å². The van der Waals surface area contributed by atoms with Crippen molar-refractivity contribution in [2.45, 2.75) is 56.2 Å². The molecule has 5 atom stereocenters. The highest BCUT2D eigenvalue weighted by Gasteiger charge is 2.41.